The molecule has 0 aliphatic heterocycles. The molecule has 25 heavy (non-hydrogen) atoms. The molecule has 4 nitrogen and oxygen atoms in total. The number of hydrogen-bond donors (Lipinski definition) is 1. The van der Waals surface area contributed by atoms with Crippen molar-refractivity contribution in [3.63, 3.8) is 0 Å². The average molecular weight is 355 g/mol. The first-order valence-electron chi connectivity index (χ1n) is 7.59. The van der Waals surface area contributed by atoms with Gasteiger partial charge in [0.05, 0.1) is 0 Å². The highest BCUT2D eigenvalue weighted by atomic mass is 35.5. The van der Waals surface area contributed by atoms with E-state index in [0.29, 0.717) is 27.9 Å². The second kappa shape index (κ2) is 7.73. The molecule has 0 radical (unpaired) electrons. The van der Waals surface area contributed by atoms with Crippen molar-refractivity contribution < 1.29 is 19.1 Å². The van der Waals surface area contributed by atoms with Crippen molar-refractivity contribution in [2.45, 2.75) is 6.61 Å². The first-order valence-corrected chi connectivity index (χ1v) is 7.96. The molecule has 126 valence electrons. The molecule has 0 unspecified atom stereocenters. The molecule has 0 amide bonds. The fourth-order valence-electron chi connectivity index (χ4n) is 2.16. The summed E-state index contributed by atoms with van der Waals surface area (Å²) in [5, 5.41) is 10.1. The third-order valence-corrected chi connectivity index (χ3v) is 3.66. The van der Waals surface area contributed by atoms with Crippen molar-refractivity contribution in [1.29, 1.82) is 0 Å². The number of rotatable bonds is 6. The summed E-state index contributed by atoms with van der Waals surface area (Å²) < 4.78 is 11.2. The Morgan fingerprint density at radius 2 is 1.92 bits per heavy atom. The fraction of sp³-hybridized carbons (Fsp3) is 0.0500. The Balaban J connectivity index is 1.59. The van der Waals surface area contributed by atoms with Crippen LogP contribution >= 0.6 is 11.6 Å². The predicted octanol–water partition coefficient (Wildman–Crippen LogP) is 5.11. The molecule has 1 heterocycles. The van der Waals surface area contributed by atoms with Gasteiger partial charge in [0.2, 0.25) is 0 Å². The van der Waals surface area contributed by atoms with Crippen molar-refractivity contribution in [3.05, 3.63) is 88.8 Å². The van der Waals surface area contributed by atoms with Gasteiger partial charge in [-0.1, -0.05) is 23.7 Å². The van der Waals surface area contributed by atoms with E-state index in [1.54, 1.807) is 54.6 Å². The van der Waals surface area contributed by atoms with E-state index in [9.17, 15) is 9.90 Å². The Morgan fingerprint density at radius 3 is 2.68 bits per heavy atom. The number of phenols is 1. The molecule has 0 bridgehead atoms. The number of phenolic OH excluding ortho intramolecular Hbond substituents is 1. The van der Waals surface area contributed by atoms with Crippen LogP contribution < -0.4 is 4.74 Å². The summed E-state index contributed by atoms with van der Waals surface area (Å²) in [5.41, 5.74) is 0.411. The molecular weight excluding hydrogens is 340 g/mol. The van der Waals surface area contributed by atoms with Crippen LogP contribution in [0.5, 0.6) is 11.5 Å². The molecule has 0 atom stereocenters. The van der Waals surface area contributed by atoms with Crippen LogP contribution in [0.2, 0.25) is 5.02 Å². The fourth-order valence-corrected chi connectivity index (χ4v) is 2.29. The average Bonchev–Trinajstić information content (AvgIpc) is 3.07. The Morgan fingerprint density at radius 1 is 1.12 bits per heavy atom. The minimum atomic E-state index is -0.216. The van der Waals surface area contributed by atoms with E-state index < -0.39 is 0 Å². The Hall–Kier alpha value is -2.98. The number of ether oxygens (including phenoxy) is 1. The van der Waals surface area contributed by atoms with Gasteiger partial charge in [-0.05, 0) is 60.7 Å². The lowest BCUT2D eigenvalue weighted by molar-refractivity contribution is 0.104. The summed E-state index contributed by atoms with van der Waals surface area (Å²) in [4.78, 5) is 12.0. The number of ketones is 1. The van der Waals surface area contributed by atoms with Gasteiger partial charge in [0.15, 0.2) is 5.78 Å². The molecular formula is C20H15ClO4. The summed E-state index contributed by atoms with van der Waals surface area (Å²) in [7, 11) is 0. The number of hydrogen-bond acceptors (Lipinski definition) is 4. The second-order valence-corrected chi connectivity index (χ2v) is 5.73. The largest absolute Gasteiger partial charge is 0.508 e. The van der Waals surface area contributed by atoms with E-state index in [4.69, 9.17) is 20.8 Å². The third-order valence-electron chi connectivity index (χ3n) is 3.41. The summed E-state index contributed by atoms with van der Waals surface area (Å²) in [6, 6.07) is 16.8. The Bertz CT molecular complexity index is 894. The quantitative estimate of drug-likeness (QED) is 0.493. The maximum atomic E-state index is 12.0. The highest BCUT2D eigenvalue weighted by Gasteiger charge is 2.04. The van der Waals surface area contributed by atoms with E-state index >= 15 is 0 Å². The topological polar surface area (TPSA) is 59.7 Å². The molecule has 0 saturated heterocycles. The number of carbonyl (C=O) groups excluding carboxylic acids is 1. The smallest absolute Gasteiger partial charge is 0.186 e. The number of benzene rings is 2. The van der Waals surface area contributed by atoms with Crippen molar-refractivity contribution in [1.82, 2.24) is 0 Å². The number of furan rings is 1. The van der Waals surface area contributed by atoms with Gasteiger partial charge in [0, 0.05) is 10.6 Å². The maximum Gasteiger partial charge on any atom is 0.186 e. The van der Waals surface area contributed by atoms with Crippen LogP contribution in [0.25, 0.3) is 6.08 Å². The molecule has 3 rings (SSSR count). The van der Waals surface area contributed by atoms with Crippen molar-refractivity contribution >= 4 is 23.5 Å². The van der Waals surface area contributed by atoms with Gasteiger partial charge in [-0.3, -0.25) is 4.79 Å². The van der Waals surface area contributed by atoms with Gasteiger partial charge in [0.25, 0.3) is 0 Å². The van der Waals surface area contributed by atoms with Gasteiger partial charge < -0.3 is 14.3 Å². The lowest BCUT2D eigenvalue weighted by atomic mass is 10.1. The monoisotopic (exact) mass is 354 g/mol. The first-order chi connectivity index (χ1) is 12.1. The standard InChI is InChI=1S/C20H15ClO4/c21-15-4-6-17(7-5-15)24-13-19-9-8-18(25-19)10-11-20(23)14-2-1-3-16(22)12-14/h1-12,22H,13H2/b11-10+. The summed E-state index contributed by atoms with van der Waals surface area (Å²) >= 11 is 5.82. The van der Waals surface area contributed by atoms with Crippen molar-refractivity contribution in [3.8, 4) is 11.5 Å². The predicted molar refractivity (Wildman–Crippen MR) is 96.0 cm³/mol. The number of halogens is 1. The summed E-state index contributed by atoms with van der Waals surface area (Å²) in [6.07, 6.45) is 2.98. The van der Waals surface area contributed by atoms with E-state index in [0.717, 1.165) is 0 Å². The minimum absolute atomic E-state index is 0.0545. The SMILES string of the molecule is O=C(/C=C/c1ccc(COc2ccc(Cl)cc2)o1)c1cccc(O)c1. The van der Waals surface area contributed by atoms with E-state index in [1.807, 2.05) is 0 Å². The van der Waals surface area contributed by atoms with Crippen LogP contribution in [0.4, 0.5) is 0 Å². The zero-order chi connectivity index (χ0) is 17.6. The molecule has 0 saturated carbocycles. The zero-order valence-corrected chi connectivity index (χ0v) is 13.9. The summed E-state index contributed by atoms with van der Waals surface area (Å²) in [6.45, 7) is 0.274. The number of aromatic hydroxyl groups is 1. The number of allylic oxidation sites excluding steroid dienone is 1. The van der Waals surface area contributed by atoms with Crippen LogP contribution in [0.3, 0.4) is 0 Å². The van der Waals surface area contributed by atoms with Crippen LogP contribution in [0.15, 0.2) is 71.2 Å². The number of carbonyl (C=O) groups is 1. The molecule has 5 heteroatoms. The first kappa shape index (κ1) is 16.9. The molecule has 1 aromatic heterocycles. The summed E-state index contributed by atoms with van der Waals surface area (Å²) in [5.74, 6) is 1.71. The van der Waals surface area contributed by atoms with Gasteiger partial charge >= 0.3 is 0 Å². The Kier molecular flexibility index (Phi) is 5.21. The molecule has 1 N–H and O–H groups in total. The van der Waals surface area contributed by atoms with Crippen LogP contribution in [-0.2, 0) is 6.61 Å². The van der Waals surface area contributed by atoms with Crippen LogP contribution in [0, 0.1) is 0 Å². The molecule has 0 fully saturated rings. The van der Waals surface area contributed by atoms with Crippen LogP contribution in [-0.4, -0.2) is 10.9 Å². The lowest BCUT2D eigenvalue weighted by Crippen LogP contribution is -1.93. The highest BCUT2D eigenvalue weighted by Crippen LogP contribution is 2.18. The molecule has 3 aromatic rings. The zero-order valence-electron chi connectivity index (χ0n) is 13.2. The second-order valence-electron chi connectivity index (χ2n) is 5.29. The third kappa shape index (κ3) is 4.75. The van der Waals surface area contributed by atoms with Gasteiger partial charge in [0.1, 0.15) is 29.6 Å². The van der Waals surface area contributed by atoms with Gasteiger partial charge in [-0.25, -0.2) is 0 Å². The van der Waals surface area contributed by atoms with E-state index in [2.05, 4.69) is 0 Å². The van der Waals surface area contributed by atoms with Crippen molar-refractivity contribution in [2.24, 2.45) is 0 Å². The molecule has 0 aliphatic rings. The van der Waals surface area contributed by atoms with E-state index in [1.165, 1.54) is 18.2 Å². The van der Waals surface area contributed by atoms with Crippen LogP contribution in [0.1, 0.15) is 21.9 Å². The molecule has 0 spiro atoms. The molecule has 2 aromatic carbocycles. The van der Waals surface area contributed by atoms with E-state index in [-0.39, 0.29) is 18.1 Å². The Labute approximate surface area is 149 Å². The highest BCUT2D eigenvalue weighted by molar-refractivity contribution is 6.30. The van der Waals surface area contributed by atoms with Crippen molar-refractivity contribution in [2.75, 3.05) is 0 Å². The normalized spacial score (nSPS) is 10.9. The minimum Gasteiger partial charge on any atom is -0.508 e. The lowest BCUT2D eigenvalue weighted by Gasteiger charge is -2.03. The maximum absolute atomic E-state index is 12.0. The molecule has 0 aliphatic carbocycles. The van der Waals surface area contributed by atoms with Gasteiger partial charge in [-0.15, -0.1) is 0 Å². The van der Waals surface area contributed by atoms with Gasteiger partial charge in [-0.2, -0.15) is 0 Å².